The Morgan fingerprint density at radius 3 is 1.97 bits per heavy atom. The maximum Gasteiger partial charge on any atom is 0.341 e. The smallest absolute Gasteiger partial charge is 0.341 e. The maximum absolute atomic E-state index is 13.2. The fourth-order valence-electron chi connectivity index (χ4n) is 3.64. The van der Waals surface area contributed by atoms with Crippen molar-refractivity contribution < 1.29 is 12.6 Å². The Kier molecular flexibility index (Phi) is 5.18. The van der Waals surface area contributed by atoms with E-state index in [-0.39, 0.29) is 10.8 Å². The number of hydrogen-bond acceptors (Lipinski definition) is 4. The van der Waals surface area contributed by atoms with Gasteiger partial charge in [0.25, 0.3) is 0 Å². The van der Waals surface area contributed by atoms with Crippen molar-refractivity contribution in [1.29, 1.82) is 0 Å². The van der Waals surface area contributed by atoms with Crippen molar-refractivity contribution in [3.63, 3.8) is 0 Å². The van der Waals surface area contributed by atoms with Gasteiger partial charge in [0, 0.05) is 11.6 Å². The van der Waals surface area contributed by atoms with Crippen LogP contribution in [0.3, 0.4) is 0 Å². The third kappa shape index (κ3) is 3.86. The second-order valence-electron chi connectivity index (χ2n) is 7.25. The SMILES string of the molecule is Cc1cc(C)c(S(=O)(=O)Oc2cc(-c3ccccc3)nn2-c2ccccc2)c(C)c1. The lowest BCUT2D eigenvalue weighted by Crippen LogP contribution is -2.15. The molecule has 0 radical (unpaired) electrons. The first-order chi connectivity index (χ1) is 14.3. The Morgan fingerprint density at radius 1 is 0.800 bits per heavy atom. The lowest BCUT2D eigenvalue weighted by atomic mass is 10.1. The molecule has 3 aromatic carbocycles. The number of hydrogen-bond donors (Lipinski definition) is 0. The van der Waals surface area contributed by atoms with Crippen molar-refractivity contribution >= 4 is 10.1 Å². The van der Waals surface area contributed by atoms with Gasteiger partial charge in [-0.2, -0.15) is 18.2 Å². The number of rotatable bonds is 5. The first kappa shape index (κ1) is 19.9. The highest BCUT2D eigenvalue weighted by Gasteiger charge is 2.25. The van der Waals surface area contributed by atoms with Crippen molar-refractivity contribution in [3.05, 3.63) is 95.6 Å². The molecule has 0 unspecified atom stereocenters. The van der Waals surface area contributed by atoms with E-state index in [4.69, 9.17) is 4.18 Å². The van der Waals surface area contributed by atoms with E-state index >= 15 is 0 Å². The standard InChI is InChI=1S/C24H22N2O3S/c1-17-14-18(2)24(19(3)15-17)30(27,28)29-23-16-22(20-10-6-4-7-11-20)25-26(23)21-12-8-5-9-13-21/h4-16H,1-3H3. The molecule has 0 fully saturated rings. The Hall–Kier alpha value is -3.38. The molecule has 0 atom stereocenters. The van der Waals surface area contributed by atoms with Crippen LogP contribution < -0.4 is 4.18 Å². The van der Waals surface area contributed by atoms with Gasteiger partial charge in [0.15, 0.2) is 0 Å². The van der Waals surface area contributed by atoms with Crippen molar-refractivity contribution in [2.75, 3.05) is 0 Å². The van der Waals surface area contributed by atoms with Crippen LogP contribution in [0.1, 0.15) is 16.7 Å². The zero-order valence-electron chi connectivity index (χ0n) is 17.0. The second-order valence-corrected chi connectivity index (χ2v) is 8.73. The molecular weight excluding hydrogens is 396 g/mol. The summed E-state index contributed by atoms with van der Waals surface area (Å²) in [6.45, 7) is 5.49. The molecule has 0 aliphatic heterocycles. The Labute approximate surface area is 176 Å². The molecule has 152 valence electrons. The average molecular weight is 419 g/mol. The van der Waals surface area contributed by atoms with Gasteiger partial charge in [0.1, 0.15) is 4.90 Å². The Morgan fingerprint density at radius 2 is 1.37 bits per heavy atom. The van der Waals surface area contributed by atoms with E-state index in [1.54, 1.807) is 19.9 Å². The van der Waals surface area contributed by atoms with E-state index in [1.165, 1.54) is 4.68 Å². The lowest BCUT2D eigenvalue weighted by Gasteiger charge is -2.13. The van der Waals surface area contributed by atoms with Gasteiger partial charge in [0.2, 0.25) is 5.88 Å². The average Bonchev–Trinajstić information content (AvgIpc) is 3.11. The third-order valence-corrected chi connectivity index (χ3v) is 6.33. The van der Waals surface area contributed by atoms with Crippen LogP contribution in [-0.2, 0) is 10.1 Å². The van der Waals surface area contributed by atoms with Crippen LogP contribution in [0.2, 0.25) is 0 Å². The van der Waals surface area contributed by atoms with Crippen LogP contribution in [0, 0.1) is 20.8 Å². The lowest BCUT2D eigenvalue weighted by molar-refractivity contribution is 0.464. The summed E-state index contributed by atoms with van der Waals surface area (Å²) in [6, 6.07) is 24.2. The minimum Gasteiger partial charge on any atom is -0.358 e. The molecule has 0 spiro atoms. The molecule has 0 aliphatic rings. The van der Waals surface area contributed by atoms with E-state index in [9.17, 15) is 8.42 Å². The van der Waals surface area contributed by atoms with Gasteiger partial charge in [-0.15, -0.1) is 0 Å². The zero-order valence-corrected chi connectivity index (χ0v) is 17.8. The molecule has 6 heteroatoms. The summed E-state index contributed by atoms with van der Waals surface area (Å²) < 4.78 is 33.6. The Balaban J connectivity index is 1.83. The maximum atomic E-state index is 13.2. The summed E-state index contributed by atoms with van der Waals surface area (Å²) in [7, 11) is -4.05. The van der Waals surface area contributed by atoms with Crippen molar-refractivity contribution in [3.8, 4) is 22.8 Å². The van der Waals surface area contributed by atoms with E-state index in [2.05, 4.69) is 5.10 Å². The summed E-state index contributed by atoms with van der Waals surface area (Å²) in [5, 5.41) is 4.61. The minimum atomic E-state index is -4.05. The van der Waals surface area contributed by atoms with E-state index in [0.29, 0.717) is 22.5 Å². The fourth-order valence-corrected chi connectivity index (χ4v) is 4.98. The molecule has 0 N–H and O–H groups in total. The zero-order chi connectivity index (χ0) is 21.3. The molecule has 1 aromatic heterocycles. The quantitative estimate of drug-likeness (QED) is 0.416. The van der Waals surface area contributed by atoms with E-state index in [1.807, 2.05) is 79.7 Å². The molecule has 0 saturated carbocycles. The van der Waals surface area contributed by atoms with E-state index < -0.39 is 10.1 Å². The monoisotopic (exact) mass is 418 g/mol. The van der Waals surface area contributed by atoms with Crippen LogP contribution in [0.4, 0.5) is 0 Å². The molecule has 4 rings (SSSR count). The number of para-hydroxylation sites is 1. The molecule has 0 amide bonds. The molecule has 1 heterocycles. The van der Waals surface area contributed by atoms with Crippen molar-refractivity contribution in [1.82, 2.24) is 9.78 Å². The van der Waals surface area contributed by atoms with Crippen LogP contribution in [-0.4, -0.2) is 18.2 Å². The molecule has 0 aliphatic carbocycles. The van der Waals surface area contributed by atoms with E-state index in [0.717, 1.165) is 11.1 Å². The topological polar surface area (TPSA) is 61.2 Å². The summed E-state index contributed by atoms with van der Waals surface area (Å²) in [6.07, 6.45) is 0. The summed E-state index contributed by atoms with van der Waals surface area (Å²) >= 11 is 0. The molecule has 4 aromatic rings. The van der Waals surface area contributed by atoms with Crippen LogP contribution >= 0.6 is 0 Å². The minimum absolute atomic E-state index is 0.138. The molecule has 5 nitrogen and oxygen atoms in total. The molecule has 30 heavy (non-hydrogen) atoms. The van der Waals surface area contributed by atoms with Gasteiger partial charge in [-0.3, -0.25) is 0 Å². The Bertz CT molecular complexity index is 1270. The van der Waals surface area contributed by atoms with Crippen LogP contribution in [0.15, 0.2) is 83.8 Å². The van der Waals surface area contributed by atoms with Gasteiger partial charge < -0.3 is 4.18 Å². The van der Waals surface area contributed by atoms with Gasteiger partial charge in [0.05, 0.1) is 11.4 Å². The molecule has 0 bridgehead atoms. The van der Waals surface area contributed by atoms with Crippen molar-refractivity contribution in [2.24, 2.45) is 0 Å². The fraction of sp³-hybridized carbons (Fsp3) is 0.125. The van der Waals surface area contributed by atoms with Crippen LogP contribution in [0.25, 0.3) is 16.9 Å². The number of aryl methyl sites for hydroxylation is 3. The van der Waals surface area contributed by atoms with Gasteiger partial charge in [-0.25, -0.2) is 0 Å². The summed E-state index contributed by atoms with van der Waals surface area (Å²) in [5.74, 6) is 0.138. The predicted octanol–water partition coefficient (Wildman–Crippen LogP) is 5.23. The third-order valence-electron chi connectivity index (χ3n) is 4.80. The first-order valence-electron chi connectivity index (χ1n) is 9.58. The summed E-state index contributed by atoms with van der Waals surface area (Å²) in [4.78, 5) is 0.190. The number of nitrogens with zero attached hydrogens (tertiary/aromatic N) is 2. The molecule has 0 saturated heterocycles. The van der Waals surface area contributed by atoms with Gasteiger partial charge in [-0.1, -0.05) is 66.2 Å². The van der Waals surface area contributed by atoms with Crippen LogP contribution in [0.5, 0.6) is 5.88 Å². The highest BCUT2D eigenvalue weighted by molar-refractivity contribution is 7.87. The normalized spacial score (nSPS) is 11.4. The predicted molar refractivity (Wildman–Crippen MR) is 117 cm³/mol. The highest BCUT2D eigenvalue weighted by Crippen LogP contribution is 2.30. The highest BCUT2D eigenvalue weighted by atomic mass is 32.2. The van der Waals surface area contributed by atoms with Crippen molar-refractivity contribution in [2.45, 2.75) is 25.7 Å². The second kappa shape index (κ2) is 7.80. The van der Waals surface area contributed by atoms with Gasteiger partial charge in [-0.05, 0) is 44.0 Å². The summed E-state index contributed by atoms with van der Waals surface area (Å²) in [5.41, 5.74) is 4.52. The molecular formula is C24H22N2O3S. The number of benzene rings is 3. The van der Waals surface area contributed by atoms with Gasteiger partial charge >= 0.3 is 10.1 Å². The largest absolute Gasteiger partial charge is 0.358 e. The first-order valence-corrected chi connectivity index (χ1v) is 11.0. The number of aromatic nitrogens is 2.